The highest BCUT2D eigenvalue weighted by atomic mass is 32.2. The molecular formula is C19H26N6O2S. The van der Waals surface area contributed by atoms with Gasteiger partial charge in [0.05, 0.1) is 0 Å². The SMILES string of the molecule is Cc1nc(S(=O)(=O)N2CC[C@@H](C)C(N(C)c3ccnc4[nH]ccc34)C2)cn1C. The summed E-state index contributed by atoms with van der Waals surface area (Å²) in [4.78, 5) is 13.9. The van der Waals surface area contributed by atoms with Crippen molar-refractivity contribution in [1.82, 2.24) is 23.8 Å². The summed E-state index contributed by atoms with van der Waals surface area (Å²) in [6.07, 6.45) is 6.05. The Labute approximate surface area is 165 Å². The molecule has 3 aromatic rings. The van der Waals surface area contributed by atoms with E-state index >= 15 is 0 Å². The second kappa shape index (κ2) is 6.89. The molecule has 4 heterocycles. The van der Waals surface area contributed by atoms with E-state index in [0.29, 0.717) is 24.8 Å². The smallest absolute Gasteiger partial charge is 0.262 e. The first-order valence-corrected chi connectivity index (χ1v) is 10.9. The zero-order valence-corrected chi connectivity index (χ0v) is 17.4. The number of hydrogen-bond donors (Lipinski definition) is 1. The number of rotatable bonds is 4. The lowest BCUT2D eigenvalue weighted by molar-refractivity contribution is 0.247. The Hall–Kier alpha value is -2.39. The van der Waals surface area contributed by atoms with Gasteiger partial charge in [0.1, 0.15) is 11.5 Å². The first-order valence-electron chi connectivity index (χ1n) is 9.44. The van der Waals surface area contributed by atoms with Crippen molar-refractivity contribution in [3.63, 3.8) is 0 Å². The minimum Gasteiger partial charge on any atom is -0.369 e. The Morgan fingerprint density at radius 1 is 1.32 bits per heavy atom. The number of imidazole rings is 1. The van der Waals surface area contributed by atoms with Gasteiger partial charge in [-0.25, -0.2) is 18.4 Å². The highest BCUT2D eigenvalue weighted by Crippen LogP contribution is 2.31. The predicted octanol–water partition coefficient (Wildman–Crippen LogP) is 2.14. The second-order valence-electron chi connectivity index (χ2n) is 7.61. The number of likely N-dealkylation sites (N-methyl/N-ethyl adjacent to an activating group) is 1. The summed E-state index contributed by atoms with van der Waals surface area (Å²) in [5.41, 5.74) is 1.89. The fourth-order valence-electron chi connectivity index (χ4n) is 3.96. The molecule has 4 rings (SSSR count). The predicted molar refractivity (Wildman–Crippen MR) is 109 cm³/mol. The summed E-state index contributed by atoms with van der Waals surface area (Å²) in [6, 6.07) is 4.06. The summed E-state index contributed by atoms with van der Waals surface area (Å²) >= 11 is 0. The molecule has 9 heteroatoms. The van der Waals surface area contributed by atoms with Crippen molar-refractivity contribution >= 4 is 26.7 Å². The van der Waals surface area contributed by atoms with Crippen LogP contribution in [0.2, 0.25) is 0 Å². The highest BCUT2D eigenvalue weighted by Gasteiger charge is 2.37. The molecule has 0 bridgehead atoms. The van der Waals surface area contributed by atoms with Gasteiger partial charge in [-0.1, -0.05) is 6.92 Å². The van der Waals surface area contributed by atoms with Crippen molar-refractivity contribution in [2.75, 3.05) is 25.0 Å². The van der Waals surface area contributed by atoms with E-state index in [4.69, 9.17) is 0 Å². The van der Waals surface area contributed by atoms with Gasteiger partial charge >= 0.3 is 0 Å². The molecule has 28 heavy (non-hydrogen) atoms. The van der Waals surface area contributed by atoms with Crippen LogP contribution in [-0.4, -0.2) is 58.4 Å². The Morgan fingerprint density at radius 2 is 2.11 bits per heavy atom. The van der Waals surface area contributed by atoms with Crippen LogP contribution < -0.4 is 4.90 Å². The number of pyridine rings is 1. The van der Waals surface area contributed by atoms with E-state index < -0.39 is 10.0 Å². The molecule has 1 fully saturated rings. The van der Waals surface area contributed by atoms with Gasteiger partial charge in [0, 0.05) is 62.9 Å². The van der Waals surface area contributed by atoms with Crippen LogP contribution in [0, 0.1) is 12.8 Å². The Balaban J connectivity index is 1.64. The molecule has 0 aromatic carbocycles. The van der Waals surface area contributed by atoms with E-state index in [2.05, 4.69) is 26.8 Å². The Bertz CT molecular complexity index is 1080. The maximum atomic E-state index is 13.2. The van der Waals surface area contributed by atoms with Crippen molar-refractivity contribution in [3.8, 4) is 0 Å². The number of aromatic amines is 1. The lowest BCUT2D eigenvalue weighted by atomic mass is 9.93. The van der Waals surface area contributed by atoms with Gasteiger partial charge in [-0.05, 0) is 31.4 Å². The molecule has 1 N–H and O–H groups in total. The van der Waals surface area contributed by atoms with Crippen molar-refractivity contribution in [2.45, 2.75) is 31.3 Å². The number of aromatic nitrogens is 4. The van der Waals surface area contributed by atoms with Crippen LogP contribution in [-0.2, 0) is 17.1 Å². The molecule has 0 aliphatic carbocycles. The van der Waals surface area contributed by atoms with E-state index in [9.17, 15) is 8.42 Å². The third kappa shape index (κ3) is 3.08. The molecule has 8 nitrogen and oxygen atoms in total. The highest BCUT2D eigenvalue weighted by molar-refractivity contribution is 7.89. The number of piperidine rings is 1. The molecule has 150 valence electrons. The summed E-state index contributed by atoms with van der Waals surface area (Å²) in [7, 11) is 0.228. The third-order valence-electron chi connectivity index (χ3n) is 5.89. The molecule has 0 spiro atoms. The molecule has 1 aliphatic heterocycles. The van der Waals surface area contributed by atoms with Crippen LogP contribution in [0.15, 0.2) is 35.7 Å². The molecule has 0 radical (unpaired) electrons. The van der Waals surface area contributed by atoms with Crippen LogP contribution in [0.1, 0.15) is 19.2 Å². The van der Waals surface area contributed by atoms with Gasteiger partial charge in [0.25, 0.3) is 10.0 Å². The minimum atomic E-state index is -3.61. The maximum absolute atomic E-state index is 13.2. The molecule has 2 atom stereocenters. The molecule has 1 saturated heterocycles. The van der Waals surface area contributed by atoms with Gasteiger partial charge in [0.15, 0.2) is 5.03 Å². The zero-order valence-electron chi connectivity index (χ0n) is 16.6. The molecule has 0 saturated carbocycles. The largest absolute Gasteiger partial charge is 0.369 e. The fourth-order valence-corrected chi connectivity index (χ4v) is 5.46. The summed E-state index contributed by atoms with van der Waals surface area (Å²) < 4.78 is 29.6. The Kier molecular flexibility index (Phi) is 4.67. The quantitative estimate of drug-likeness (QED) is 0.722. The number of aryl methyl sites for hydroxylation is 2. The average Bonchev–Trinajstić information content (AvgIpc) is 3.28. The van der Waals surface area contributed by atoms with E-state index in [1.165, 1.54) is 0 Å². The first-order chi connectivity index (χ1) is 13.3. The zero-order chi connectivity index (χ0) is 20.1. The molecule has 1 unspecified atom stereocenters. The van der Waals surface area contributed by atoms with E-state index in [1.54, 1.807) is 28.2 Å². The van der Waals surface area contributed by atoms with Crippen LogP contribution in [0.3, 0.4) is 0 Å². The number of nitrogens with one attached hydrogen (secondary N) is 1. The number of H-pyrrole nitrogens is 1. The lowest BCUT2D eigenvalue weighted by Gasteiger charge is -2.41. The maximum Gasteiger partial charge on any atom is 0.262 e. The van der Waals surface area contributed by atoms with Crippen LogP contribution in [0.4, 0.5) is 5.69 Å². The first kappa shape index (κ1) is 18.9. The second-order valence-corrected chi connectivity index (χ2v) is 9.50. The third-order valence-corrected chi connectivity index (χ3v) is 7.62. The van der Waals surface area contributed by atoms with Crippen LogP contribution >= 0.6 is 0 Å². The fraction of sp³-hybridized carbons (Fsp3) is 0.474. The van der Waals surface area contributed by atoms with E-state index in [-0.39, 0.29) is 11.1 Å². The minimum absolute atomic E-state index is 0.0637. The van der Waals surface area contributed by atoms with Crippen molar-refractivity contribution in [3.05, 3.63) is 36.5 Å². The number of fused-ring (bicyclic) bond motifs is 1. The number of anilines is 1. The number of nitrogens with zero attached hydrogens (tertiary/aromatic N) is 5. The van der Waals surface area contributed by atoms with Crippen molar-refractivity contribution in [1.29, 1.82) is 0 Å². The van der Waals surface area contributed by atoms with Gasteiger partial charge < -0.3 is 14.5 Å². The summed E-state index contributed by atoms with van der Waals surface area (Å²) in [5.74, 6) is 1.05. The topological polar surface area (TPSA) is 87.1 Å². The van der Waals surface area contributed by atoms with Crippen LogP contribution in [0.25, 0.3) is 11.0 Å². The van der Waals surface area contributed by atoms with E-state index in [1.807, 2.05) is 32.4 Å². The summed E-state index contributed by atoms with van der Waals surface area (Å²) in [6.45, 7) is 4.94. The number of hydrogen-bond acceptors (Lipinski definition) is 5. The lowest BCUT2D eigenvalue weighted by Crippen LogP contribution is -2.52. The van der Waals surface area contributed by atoms with Gasteiger partial charge in [-0.15, -0.1) is 0 Å². The molecule has 0 amide bonds. The van der Waals surface area contributed by atoms with Crippen molar-refractivity contribution in [2.24, 2.45) is 13.0 Å². The normalized spacial score (nSPS) is 21.3. The summed E-state index contributed by atoms with van der Waals surface area (Å²) in [5, 5.41) is 1.16. The van der Waals surface area contributed by atoms with Gasteiger partial charge in [-0.3, -0.25) is 0 Å². The Morgan fingerprint density at radius 3 is 2.82 bits per heavy atom. The van der Waals surface area contributed by atoms with Crippen molar-refractivity contribution < 1.29 is 8.42 Å². The number of sulfonamides is 1. The monoisotopic (exact) mass is 402 g/mol. The van der Waals surface area contributed by atoms with Crippen LogP contribution in [0.5, 0.6) is 0 Å². The van der Waals surface area contributed by atoms with E-state index in [0.717, 1.165) is 23.1 Å². The van der Waals surface area contributed by atoms with Gasteiger partial charge in [-0.2, -0.15) is 4.31 Å². The van der Waals surface area contributed by atoms with Gasteiger partial charge in [0.2, 0.25) is 0 Å². The average molecular weight is 403 g/mol. The molecular weight excluding hydrogens is 376 g/mol. The standard InChI is InChI=1S/C19H26N6O2S/c1-13-7-10-25(28(26,27)18-12-23(3)14(2)22-18)11-17(13)24(4)16-6-9-21-19-15(16)5-8-20-19/h5-6,8-9,12-13,17H,7,10-11H2,1-4H3,(H,20,21)/t13-,17?/m1/s1. The molecule has 1 aliphatic rings. The molecule has 3 aromatic heterocycles.